The number of carboxylic acids is 1. The van der Waals surface area contributed by atoms with Crippen LogP contribution in [0.4, 0.5) is 20.6 Å². The monoisotopic (exact) mass is 516 g/mol. The first-order chi connectivity index (χ1) is 17.6. The predicted octanol–water partition coefficient (Wildman–Crippen LogP) is 2.52. The first kappa shape index (κ1) is 27.4. The SMILES string of the molecule is CCN(CCN(OC)C(=O)c1ccc(C(=O)O)cc1)c1ccc(N2C[C@H](CNC(C)=O)OC2=O)cc1F. The average Bonchev–Trinajstić information content (AvgIpc) is 3.26. The highest BCUT2D eigenvalue weighted by molar-refractivity contribution is 5.95. The zero-order valence-electron chi connectivity index (χ0n) is 20.8. The molecule has 1 heterocycles. The summed E-state index contributed by atoms with van der Waals surface area (Å²) in [6, 6.07) is 9.85. The van der Waals surface area contributed by atoms with E-state index in [0.29, 0.717) is 12.2 Å². The fourth-order valence-corrected chi connectivity index (χ4v) is 3.85. The van der Waals surface area contributed by atoms with Gasteiger partial charge >= 0.3 is 12.1 Å². The van der Waals surface area contributed by atoms with Gasteiger partial charge < -0.3 is 20.1 Å². The van der Waals surface area contributed by atoms with Gasteiger partial charge in [-0.2, -0.15) is 0 Å². The van der Waals surface area contributed by atoms with Gasteiger partial charge in [0.2, 0.25) is 5.91 Å². The molecule has 0 unspecified atom stereocenters. The van der Waals surface area contributed by atoms with Crippen molar-refractivity contribution >= 4 is 35.3 Å². The van der Waals surface area contributed by atoms with Crippen molar-refractivity contribution in [3.8, 4) is 0 Å². The van der Waals surface area contributed by atoms with Crippen LogP contribution in [0, 0.1) is 5.82 Å². The Balaban J connectivity index is 1.66. The summed E-state index contributed by atoms with van der Waals surface area (Å²) in [4.78, 5) is 55.4. The molecule has 2 N–H and O–H groups in total. The van der Waals surface area contributed by atoms with Gasteiger partial charge in [-0.05, 0) is 49.4 Å². The third-order valence-corrected chi connectivity index (χ3v) is 5.82. The number of amides is 3. The van der Waals surface area contributed by atoms with Gasteiger partial charge in [-0.15, -0.1) is 0 Å². The van der Waals surface area contributed by atoms with Crippen LogP contribution in [0.25, 0.3) is 0 Å². The van der Waals surface area contributed by atoms with Crippen molar-refractivity contribution in [1.82, 2.24) is 10.4 Å². The number of halogens is 1. The van der Waals surface area contributed by atoms with Gasteiger partial charge in [-0.1, -0.05) is 0 Å². The van der Waals surface area contributed by atoms with E-state index in [4.69, 9.17) is 14.7 Å². The van der Waals surface area contributed by atoms with Crippen LogP contribution in [0.2, 0.25) is 0 Å². The van der Waals surface area contributed by atoms with Gasteiger partial charge in [-0.25, -0.2) is 19.0 Å². The lowest BCUT2D eigenvalue weighted by Crippen LogP contribution is -2.38. The van der Waals surface area contributed by atoms with Crippen LogP contribution in [-0.2, 0) is 14.4 Å². The molecule has 2 aromatic carbocycles. The van der Waals surface area contributed by atoms with Crippen molar-refractivity contribution in [1.29, 1.82) is 0 Å². The first-order valence-electron chi connectivity index (χ1n) is 11.6. The minimum absolute atomic E-state index is 0.0574. The molecule has 1 saturated heterocycles. The van der Waals surface area contributed by atoms with Crippen molar-refractivity contribution in [2.24, 2.45) is 0 Å². The van der Waals surface area contributed by atoms with Crippen LogP contribution < -0.4 is 15.1 Å². The number of cyclic esters (lactones) is 1. The number of benzene rings is 2. The number of rotatable bonds is 11. The van der Waals surface area contributed by atoms with Crippen LogP contribution in [0.5, 0.6) is 0 Å². The van der Waals surface area contributed by atoms with E-state index in [2.05, 4.69) is 5.32 Å². The van der Waals surface area contributed by atoms with Crippen LogP contribution in [0.1, 0.15) is 34.6 Å². The standard InChI is InChI=1S/C25H29FN4O7/c1-4-28(11-12-30(36-3)23(32)17-5-7-18(8-6-17)24(33)34)22-10-9-19(13-21(22)26)29-15-20(37-25(29)35)14-27-16(2)31/h5-10,13,20H,4,11-12,14-15H2,1-3H3,(H,27,31)(H,33,34)/t20-/m0/s1. The molecular formula is C25H29FN4O7. The number of nitrogens with one attached hydrogen (secondary N) is 1. The number of anilines is 2. The molecule has 0 aliphatic carbocycles. The molecule has 11 nitrogen and oxygen atoms in total. The fraction of sp³-hybridized carbons (Fsp3) is 0.360. The van der Waals surface area contributed by atoms with Crippen LogP contribution in [0.3, 0.4) is 0 Å². The van der Waals surface area contributed by atoms with E-state index in [1.54, 1.807) is 17.0 Å². The third-order valence-electron chi connectivity index (χ3n) is 5.82. The quantitative estimate of drug-likeness (QED) is 0.436. The zero-order chi connectivity index (χ0) is 27.1. The molecule has 2 aromatic rings. The molecule has 0 bridgehead atoms. The van der Waals surface area contributed by atoms with Crippen molar-refractivity contribution in [3.05, 3.63) is 59.4 Å². The van der Waals surface area contributed by atoms with E-state index < -0.39 is 29.9 Å². The van der Waals surface area contributed by atoms with E-state index in [9.17, 15) is 19.2 Å². The second-order valence-corrected chi connectivity index (χ2v) is 8.24. The summed E-state index contributed by atoms with van der Waals surface area (Å²) in [5, 5.41) is 12.7. The summed E-state index contributed by atoms with van der Waals surface area (Å²) >= 11 is 0. The third kappa shape index (κ3) is 6.73. The Morgan fingerprint density at radius 1 is 1.16 bits per heavy atom. The zero-order valence-corrected chi connectivity index (χ0v) is 20.8. The molecule has 1 aliphatic heterocycles. The number of hydrogen-bond donors (Lipinski definition) is 2. The number of carbonyl (C=O) groups is 4. The smallest absolute Gasteiger partial charge is 0.414 e. The number of likely N-dealkylation sites (N-methyl/N-ethyl adjacent to an activating group) is 1. The molecule has 1 aliphatic rings. The average molecular weight is 517 g/mol. The number of hydrogen-bond acceptors (Lipinski definition) is 7. The maximum Gasteiger partial charge on any atom is 0.414 e. The number of hydroxylamine groups is 2. The number of carboxylic acid groups (broad SMARTS) is 1. The molecule has 0 saturated carbocycles. The number of nitrogens with zero attached hydrogens (tertiary/aromatic N) is 3. The molecule has 0 aromatic heterocycles. The van der Waals surface area contributed by atoms with Crippen molar-refractivity contribution in [2.45, 2.75) is 20.0 Å². The van der Waals surface area contributed by atoms with E-state index >= 15 is 4.39 Å². The molecule has 37 heavy (non-hydrogen) atoms. The molecule has 198 valence electrons. The highest BCUT2D eigenvalue weighted by Gasteiger charge is 2.33. The molecular weight excluding hydrogens is 487 g/mol. The minimum atomic E-state index is -1.10. The number of ether oxygens (including phenoxy) is 1. The molecule has 0 radical (unpaired) electrons. The van der Waals surface area contributed by atoms with Crippen molar-refractivity contribution in [3.63, 3.8) is 0 Å². The Morgan fingerprint density at radius 3 is 2.41 bits per heavy atom. The molecule has 3 rings (SSSR count). The Morgan fingerprint density at radius 2 is 1.84 bits per heavy atom. The Kier molecular flexibility index (Phi) is 9.01. The number of carbonyl (C=O) groups excluding carboxylic acids is 3. The summed E-state index contributed by atoms with van der Waals surface area (Å²) in [5.41, 5.74) is 0.913. The Hall–Kier alpha value is -4.19. The van der Waals surface area contributed by atoms with Gasteiger partial charge in [0.05, 0.1) is 43.7 Å². The van der Waals surface area contributed by atoms with Gasteiger partial charge in [0.15, 0.2) is 0 Å². The van der Waals surface area contributed by atoms with Crippen molar-refractivity contribution < 1.29 is 38.2 Å². The summed E-state index contributed by atoms with van der Waals surface area (Å²) in [7, 11) is 1.34. The second kappa shape index (κ2) is 12.2. The maximum absolute atomic E-state index is 15.1. The normalized spacial score (nSPS) is 14.8. The van der Waals surface area contributed by atoms with Crippen molar-refractivity contribution in [2.75, 3.05) is 49.6 Å². The Labute approximate surface area is 213 Å². The van der Waals surface area contributed by atoms with Crippen LogP contribution >= 0.6 is 0 Å². The van der Waals surface area contributed by atoms with E-state index in [-0.39, 0.29) is 48.9 Å². The van der Waals surface area contributed by atoms with E-state index in [0.717, 1.165) is 5.06 Å². The summed E-state index contributed by atoms with van der Waals surface area (Å²) in [6.45, 7) is 4.32. The van der Waals surface area contributed by atoms with Gasteiger partial charge in [0.25, 0.3) is 5.91 Å². The second-order valence-electron chi connectivity index (χ2n) is 8.24. The largest absolute Gasteiger partial charge is 0.478 e. The molecule has 3 amide bonds. The first-order valence-corrected chi connectivity index (χ1v) is 11.6. The van der Waals surface area contributed by atoms with Crippen LogP contribution in [-0.4, -0.2) is 80.0 Å². The molecule has 0 spiro atoms. The highest BCUT2D eigenvalue weighted by atomic mass is 19.1. The predicted molar refractivity (Wildman–Crippen MR) is 132 cm³/mol. The van der Waals surface area contributed by atoms with E-state index in [1.807, 2.05) is 6.92 Å². The Bertz CT molecular complexity index is 1160. The lowest BCUT2D eigenvalue weighted by Gasteiger charge is -2.28. The fourth-order valence-electron chi connectivity index (χ4n) is 3.85. The molecule has 1 fully saturated rings. The highest BCUT2D eigenvalue weighted by Crippen LogP contribution is 2.28. The number of aromatic carboxylic acids is 1. The summed E-state index contributed by atoms with van der Waals surface area (Å²) < 4.78 is 20.3. The lowest BCUT2D eigenvalue weighted by molar-refractivity contribution is -0.119. The molecule has 12 heteroatoms. The lowest BCUT2D eigenvalue weighted by atomic mass is 10.1. The maximum atomic E-state index is 15.1. The van der Waals surface area contributed by atoms with Gasteiger partial charge in [0.1, 0.15) is 11.9 Å². The van der Waals surface area contributed by atoms with Crippen LogP contribution in [0.15, 0.2) is 42.5 Å². The van der Waals surface area contributed by atoms with Gasteiger partial charge in [0, 0.05) is 25.6 Å². The summed E-state index contributed by atoms with van der Waals surface area (Å²) in [6.07, 6.45) is -1.16. The summed E-state index contributed by atoms with van der Waals surface area (Å²) in [5.74, 6) is -2.36. The molecule has 1 atom stereocenters. The topological polar surface area (TPSA) is 129 Å². The van der Waals surface area contributed by atoms with E-state index in [1.165, 1.54) is 49.3 Å². The minimum Gasteiger partial charge on any atom is -0.478 e. The van der Waals surface area contributed by atoms with Gasteiger partial charge in [-0.3, -0.25) is 19.3 Å².